The van der Waals surface area contributed by atoms with Crippen LogP contribution in [0.15, 0.2) is 6.20 Å². The third-order valence-corrected chi connectivity index (χ3v) is 2.54. The molecule has 0 fully saturated rings. The molecule has 0 saturated carbocycles. The van der Waals surface area contributed by atoms with E-state index in [4.69, 9.17) is 5.73 Å². The molecule has 0 amide bonds. The number of rotatable bonds is 1. The van der Waals surface area contributed by atoms with Gasteiger partial charge < -0.3 is 5.73 Å². The third-order valence-electron chi connectivity index (χ3n) is 1.93. The fourth-order valence-electron chi connectivity index (χ4n) is 0.909. The number of nitrogens with two attached hydrogens (primary N) is 1. The highest BCUT2D eigenvalue weighted by atomic mass is 79.9. The average Bonchev–Trinajstić information content (AvgIpc) is 2.01. The van der Waals surface area contributed by atoms with Crippen molar-refractivity contribution in [2.45, 2.75) is 19.2 Å². The zero-order valence-electron chi connectivity index (χ0n) is 6.69. The second-order valence-corrected chi connectivity index (χ2v) is 3.11. The van der Waals surface area contributed by atoms with Crippen LogP contribution in [0.1, 0.15) is 16.7 Å². The predicted molar refractivity (Wildman–Crippen MR) is 50.8 cm³/mol. The molecule has 1 heterocycles. The van der Waals surface area contributed by atoms with Crippen LogP contribution < -0.4 is 5.73 Å². The summed E-state index contributed by atoms with van der Waals surface area (Å²) < 4.78 is 0. The summed E-state index contributed by atoms with van der Waals surface area (Å²) in [4.78, 5) is 4.06. The van der Waals surface area contributed by atoms with E-state index in [1.807, 2.05) is 13.1 Å². The molecule has 60 valence electrons. The first kappa shape index (κ1) is 8.53. The fraction of sp³-hybridized carbons (Fsp3) is 0.375. The van der Waals surface area contributed by atoms with Crippen molar-refractivity contribution >= 4 is 21.7 Å². The van der Waals surface area contributed by atoms with Gasteiger partial charge in [0.2, 0.25) is 0 Å². The molecule has 0 unspecified atom stereocenters. The fourth-order valence-corrected chi connectivity index (χ4v) is 1.47. The van der Waals surface area contributed by atoms with Gasteiger partial charge in [-0.15, -0.1) is 0 Å². The summed E-state index contributed by atoms with van der Waals surface area (Å²) in [5.74, 6) is 0.632. The van der Waals surface area contributed by atoms with Crippen LogP contribution >= 0.6 is 15.9 Å². The molecule has 1 aromatic heterocycles. The summed E-state index contributed by atoms with van der Waals surface area (Å²) in [6, 6.07) is 0. The molecule has 0 atom stereocenters. The van der Waals surface area contributed by atoms with E-state index in [2.05, 4.69) is 27.8 Å². The van der Waals surface area contributed by atoms with E-state index in [9.17, 15) is 0 Å². The monoisotopic (exact) mass is 214 g/mol. The molecule has 0 spiro atoms. The highest BCUT2D eigenvalue weighted by Gasteiger charge is 2.02. The number of nitrogen functional groups attached to an aromatic ring is 1. The largest absolute Gasteiger partial charge is 0.383 e. The van der Waals surface area contributed by atoms with E-state index in [0.29, 0.717) is 5.82 Å². The normalized spacial score (nSPS) is 10.1. The Balaban J connectivity index is 3.25. The van der Waals surface area contributed by atoms with Gasteiger partial charge in [-0.3, -0.25) is 0 Å². The Morgan fingerprint density at radius 3 is 2.64 bits per heavy atom. The number of halogens is 1. The minimum Gasteiger partial charge on any atom is -0.383 e. The summed E-state index contributed by atoms with van der Waals surface area (Å²) in [6.45, 7) is 4.05. The number of nitrogens with zero attached hydrogens (tertiary/aromatic N) is 1. The highest BCUT2D eigenvalue weighted by molar-refractivity contribution is 9.08. The van der Waals surface area contributed by atoms with Gasteiger partial charge in [0.15, 0.2) is 0 Å². The zero-order valence-corrected chi connectivity index (χ0v) is 8.27. The first-order valence-electron chi connectivity index (χ1n) is 3.43. The Bertz CT molecular complexity index is 271. The van der Waals surface area contributed by atoms with Gasteiger partial charge in [-0.25, -0.2) is 4.98 Å². The molecule has 2 nitrogen and oxygen atoms in total. The van der Waals surface area contributed by atoms with E-state index in [1.54, 1.807) is 0 Å². The zero-order chi connectivity index (χ0) is 8.43. The molecule has 0 aromatic carbocycles. The maximum Gasteiger partial charge on any atom is 0.126 e. The molecule has 0 radical (unpaired) electrons. The van der Waals surface area contributed by atoms with Gasteiger partial charge in [-0.05, 0) is 30.5 Å². The van der Waals surface area contributed by atoms with E-state index in [0.717, 1.165) is 10.9 Å². The lowest BCUT2D eigenvalue weighted by Gasteiger charge is -2.06. The lowest BCUT2D eigenvalue weighted by molar-refractivity contribution is 1.16. The first-order valence-corrected chi connectivity index (χ1v) is 4.55. The minimum absolute atomic E-state index is 0.632. The number of aromatic nitrogens is 1. The van der Waals surface area contributed by atoms with Gasteiger partial charge in [0.1, 0.15) is 5.82 Å². The Kier molecular flexibility index (Phi) is 2.49. The smallest absolute Gasteiger partial charge is 0.126 e. The molecule has 0 aliphatic heterocycles. The van der Waals surface area contributed by atoms with E-state index < -0.39 is 0 Å². The summed E-state index contributed by atoms with van der Waals surface area (Å²) in [6.07, 6.45) is 1.81. The van der Waals surface area contributed by atoms with Crippen molar-refractivity contribution in [2.75, 3.05) is 5.73 Å². The van der Waals surface area contributed by atoms with E-state index >= 15 is 0 Å². The number of hydrogen-bond donors (Lipinski definition) is 1. The van der Waals surface area contributed by atoms with Crippen molar-refractivity contribution in [1.82, 2.24) is 4.98 Å². The second-order valence-electron chi connectivity index (χ2n) is 2.55. The number of alkyl halides is 1. The molecular formula is C8H11BrN2. The van der Waals surface area contributed by atoms with E-state index in [1.165, 1.54) is 11.1 Å². The SMILES string of the molecule is Cc1c(CBr)cnc(N)c1C. The minimum atomic E-state index is 0.632. The average molecular weight is 215 g/mol. The lowest BCUT2D eigenvalue weighted by atomic mass is 10.1. The predicted octanol–water partition coefficient (Wildman–Crippen LogP) is 2.18. The second kappa shape index (κ2) is 3.22. The first-order chi connectivity index (χ1) is 5.16. The molecule has 0 bridgehead atoms. The molecule has 3 heteroatoms. The van der Waals surface area contributed by atoms with Gasteiger partial charge >= 0.3 is 0 Å². The van der Waals surface area contributed by atoms with Crippen LogP contribution in [0.5, 0.6) is 0 Å². The maximum absolute atomic E-state index is 5.62. The van der Waals surface area contributed by atoms with Crippen molar-refractivity contribution in [2.24, 2.45) is 0 Å². The van der Waals surface area contributed by atoms with Crippen LogP contribution in [0.2, 0.25) is 0 Å². The molecule has 1 rings (SSSR count). The number of pyridine rings is 1. The summed E-state index contributed by atoms with van der Waals surface area (Å²) >= 11 is 3.39. The van der Waals surface area contributed by atoms with E-state index in [-0.39, 0.29) is 0 Å². The van der Waals surface area contributed by atoms with Gasteiger partial charge in [-0.2, -0.15) is 0 Å². The Labute approximate surface area is 75.0 Å². The van der Waals surface area contributed by atoms with Crippen molar-refractivity contribution in [1.29, 1.82) is 0 Å². The van der Waals surface area contributed by atoms with Gasteiger partial charge in [0.05, 0.1) is 0 Å². The van der Waals surface area contributed by atoms with Crippen LogP contribution in [-0.4, -0.2) is 4.98 Å². The molecule has 2 N–H and O–H groups in total. The molecule has 1 aromatic rings. The van der Waals surface area contributed by atoms with Crippen molar-refractivity contribution in [3.63, 3.8) is 0 Å². The standard InChI is InChI=1S/C8H11BrN2/c1-5-6(2)8(10)11-4-7(5)3-9/h4H,3H2,1-2H3,(H2,10,11). The number of hydrogen-bond acceptors (Lipinski definition) is 2. The Morgan fingerprint density at radius 2 is 2.09 bits per heavy atom. The Hall–Kier alpha value is -0.570. The van der Waals surface area contributed by atoms with Gasteiger partial charge in [0, 0.05) is 11.5 Å². The number of anilines is 1. The Morgan fingerprint density at radius 1 is 1.45 bits per heavy atom. The van der Waals surface area contributed by atoms with Crippen LogP contribution in [0.25, 0.3) is 0 Å². The topological polar surface area (TPSA) is 38.9 Å². The van der Waals surface area contributed by atoms with Crippen LogP contribution in [0.3, 0.4) is 0 Å². The lowest BCUT2D eigenvalue weighted by Crippen LogP contribution is -1.98. The van der Waals surface area contributed by atoms with Crippen molar-refractivity contribution < 1.29 is 0 Å². The maximum atomic E-state index is 5.62. The molecule has 0 aliphatic carbocycles. The van der Waals surface area contributed by atoms with Gasteiger partial charge in [0.25, 0.3) is 0 Å². The summed E-state index contributed by atoms with van der Waals surface area (Å²) in [5, 5.41) is 0.840. The van der Waals surface area contributed by atoms with Crippen LogP contribution in [-0.2, 0) is 5.33 Å². The van der Waals surface area contributed by atoms with Crippen molar-refractivity contribution in [3.05, 3.63) is 22.9 Å². The summed E-state index contributed by atoms with van der Waals surface area (Å²) in [7, 11) is 0. The molecule has 11 heavy (non-hydrogen) atoms. The van der Waals surface area contributed by atoms with Crippen molar-refractivity contribution in [3.8, 4) is 0 Å². The molecular weight excluding hydrogens is 204 g/mol. The molecule has 0 aliphatic rings. The quantitative estimate of drug-likeness (QED) is 0.729. The highest BCUT2D eigenvalue weighted by Crippen LogP contribution is 2.18. The van der Waals surface area contributed by atoms with Gasteiger partial charge in [-0.1, -0.05) is 15.9 Å². The molecule has 0 saturated heterocycles. The summed E-state index contributed by atoms with van der Waals surface area (Å²) in [5.41, 5.74) is 9.14. The van der Waals surface area contributed by atoms with Crippen LogP contribution in [0.4, 0.5) is 5.82 Å². The van der Waals surface area contributed by atoms with Crippen LogP contribution in [0, 0.1) is 13.8 Å². The third kappa shape index (κ3) is 1.53.